The number of carbonyl (C=O) groups is 1. The number of aromatic carboxylic acids is 1. The molecule has 3 rings (SSSR count). The van der Waals surface area contributed by atoms with Gasteiger partial charge in [0, 0.05) is 6.07 Å². The Morgan fingerprint density at radius 3 is 1.90 bits per heavy atom. The number of carbonyl (C=O) groups excluding carboxylic acids is 1. The van der Waals surface area contributed by atoms with Crippen LogP contribution < -0.4 is 59.1 Å². The average molecular weight is 433 g/mol. The molecule has 0 N–H and O–H groups in total. The van der Waals surface area contributed by atoms with Gasteiger partial charge in [0.25, 0.3) is 0 Å². The van der Waals surface area contributed by atoms with E-state index < -0.39 is 17.1 Å². The molecule has 0 radical (unpaired) electrons. The number of aromatic nitrogens is 1. The standard InChI is InChI=1S/C22H21NO7.Na/c1-27-17-7-3-15(4-8-17)13-29-21-12-23(19(22(25)26)11-20(21)24)30-14-16-5-9-18(28-2)10-6-16;/h3-12H,13-14H2,1-2H3,(H,25,26);/q;+1/p-1. The third kappa shape index (κ3) is 6.52. The van der Waals surface area contributed by atoms with Crippen molar-refractivity contribution in [3.63, 3.8) is 0 Å². The predicted octanol–water partition coefficient (Wildman–Crippen LogP) is -1.56. The van der Waals surface area contributed by atoms with Crippen LogP contribution in [0.1, 0.15) is 21.6 Å². The van der Waals surface area contributed by atoms with E-state index in [9.17, 15) is 14.7 Å². The van der Waals surface area contributed by atoms with Crippen molar-refractivity contribution in [3.8, 4) is 17.2 Å². The molecular weight excluding hydrogens is 413 g/mol. The monoisotopic (exact) mass is 433 g/mol. The van der Waals surface area contributed by atoms with Crippen molar-refractivity contribution >= 4 is 5.97 Å². The predicted molar refractivity (Wildman–Crippen MR) is 106 cm³/mol. The Labute approximate surface area is 201 Å². The van der Waals surface area contributed by atoms with Gasteiger partial charge in [-0.3, -0.25) is 4.79 Å². The molecule has 9 heteroatoms. The average Bonchev–Trinajstić information content (AvgIpc) is 2.77. The van der Waals surface area contributed by atoms with Crippen LogP contribution in [0.25, 0.3) is 0 Å². The Kier molecular flexibility index (Phi) is 8.99. The summed E-state index contributed by atoms with van der Waals surface area (Å²) in [6.07, 6.45) is 1.19. The summed E-state index contributed by atoms with van der Waals surface area (Å²) in [7, 11) is 3.13. The van der Waals surface area contributed by atoms with Crippen molar-refractivity contribution in [2.75, 3.05) is 14.2 Å². The van der Waals surface area contributed by atoms with Crippen LogP contribution in [0, 0.1) is 0 Å². The normalized spacial score (nSPS) is 10.0. The maximum Gasteiger partial charge on any atom is 1.00 e. The molecule has 0 aliphatic carbocycles. The zero-order valence-electron chi connectivity index (χ0n) is 17.5. The molecule has 0 saturated heterocycles. The molecule has 1 heterocycles. The molecule has 2 aromatic carbocycles. The van der Waals surface area contributed by atoms with E-state index in [1.807, 2.05) is 0 Å². The van der Waals surface area contributed by atoms with E-state index in [0.717, 1.165) is 21.9 Å². The Hall–Kier alpha value is -2.94. The maximum absolute atomic E-state index is 12.2. The number of carboxylic acid groups (broad SMARTS) is 1. The van der Waals surface area contributed by atoms with Crippen molar-refractivity contribution in [1.29, 1.82) is 0 Å². The molecule has 0 aliphatic heterocycles. The molecule has 1 aromatic heterocycles. The summed E-state index contributed by atoms with van der Waals surface area (Å²) in [5, 5.41) is 11.4. The third-order valence-corrected chi connectivity index (χ3v) is 4.27. The fraction of sp³-hybridized carbons (Fsp3) is 0.182. The summed E-state index contributed by atoms with van der Waals surface area (Å²) < 4.78 is 16.7. The van der Waals surface area contributed by atoms with Crippen LogP contribution >= 0.6 is 0 Å². The molecule has 156 valence electrons. The minimum absolute atomic E-state index is 0. The molecule has 0 bridgehead atoms. The summed E-state index contributed by atoms with van der Waals surface area (Å²) in [5.74, 6) is -0.202. The summed E-state index contributed by atoms with van der Waals surface area (Å²) in [6.45, 7) is 0.174. The first kappa shape index (κ1) is 24.3. The Bertz CT molecular complexity index is 1060. The summed E-state index contributed by atoms with van der Waals surface area (Å²) >= 11 is 0. The number of pyridine rings is 1. The second-order valence-corrected chi connectivity index (χ2v) is 6.26. The van der Waals surface area contributed by atoms with Gasteiger partial charge < -0.3 is 28.9 Å². The number of rotatable bonds is 9. The second kappa shape index (κ2) is 11.5. The Morgan fingerprint density at radius 1 is 0.903 bits per heavy atom. The van der Waals surface area contributed by atoms with Gasteiger partial charge in [-0.15, -0.1) is 0 Å². The van der Waals surface area contributed by atoms with E-state index >= 15 is 0 Å². The van der Waals surface area contributed by atoms with E-state index in [4.69, 9.17) is 19.0 Å². The Morgan fingerprint density at radius 2 is 1.42 bits per heavy atom. The van der Waals surface area contributed by atoms with E-state index in [1.165, 1.54) is 6.20 Å². The topological polar surface area (TPSA) is 99.1 Å². The number of nitrogens with zero attached hydrogens (tertiary/aromatic N) is 1. The number of ether oxygens (including phenoxy) is 3. The molecular formula is C22H20NNaO7. The molecule has 0 atom stereocenters. The number of hydrogen-bond acceptors (Lipinski definition) is 7. The van der Waals surface area contributed by atoms with Crippen LogP contribution in [-0.4, -0.2) is 24.9 Å². The summed E-state index contributed by atoms with van der Waals surface area (Å²) in [5.41, 5.74) is 0.585. The molecule has 0 unspecified atom stereocenters. The van der Waals surface area contributed by atoms with Crippen LogP contribution in [0.2, 0.25) is 0 Å². The number of carboxylic acids is 1. The van der Waals surface area contributed by atoms with Crippen LogP contribution in [0.3, 0.4) is 0 Å². The van der Waals surface area contributed by atoms with Crippen molar-refractivity contribution in [2.24, 2.45) is 0 Å². The first-order valence-corrected chi connectivity index (χ1v) is 9.00. The number of hydrogen-bond donors (Lipinski definition) is 0. The van der Waals surface area contributed by atoms with Gasteiger partial charge >= 0.3 is 29.6 Å². The van der Waals surface area contributed by atoms with Gasteiger partial charge in [0.1, 0.15) is 30.4 Å². The van der Waals surface area contributed by atoms with Crippen LogP contribution in [0.5, 0.6) is 17.2 Å². The first-order chi connectivity index (χ1) is 14.5. The minimum Gasteiger partial charge on any atom is -0.543 e. The van der Waals surface area contributed by atoms with Crippen LogP contribution in [0.4, 0.5) is 0 Å². The quantitative estimate of drug-likeness (QED) is 0.377. The first-order valence-electron chi connectivity index (χ1n) is 9.00. The van der Waals surface area contributed by atoms with E-state index in [-0.39, 0.29) is 48.5 Å². The van der Waals surface area contributed by atoms with Crippen molar-refractivity contribution in [3.05, 3.63) is 87.8 Å². The number of benzene rings is 2. The van der Waals surface area contributed by atoms with E-state index in [1.54, 1.807) is 62.8 Å². The van der Waals surface area contributed by atoms with Gasteiger partial charge in [0.2, 0.25) is 5.43 Å². The van der Waals surface area contributed by atoms with Crippen molar-refractivity contribution in [1.82, 2.24) is 4.73 Å². The van der Waals surface area contributed by atoms with Gasteiger partial charge in [0.05, 0.1) is 26.4 Å². The maximum atomic E-state index is 12.2. The van der Waals surface area contributed by atoms with Gasteiger partial charge in [-0.25, -0.2) is 0 Å². The van der Waals surface area contributed by atoms with Gasteiger partial charge in [-0.2, -0.15) is 4.73 Å². The smallest absolute Gasteiger partial charge is 0.543 e. The minimum atomic E-state index is -1.54. The SMILES string of the molecule is COc1ccc(COc2cn(OCc3ccc(OC)cc3)c(C(=O)[O-])cc2=O)cc1.[Na+]. The van der Waals surface area contributed by atoms with E-state index in [0.29, 0.717) is 11.5 Å². The Balaban J connectivity index is 0.00000341. The molecule has 0 saturated carbocycles. The number of methoxy groups -OCH3 is 2. The molecule has 3 aromatic rings. The molecule has 8 nitrogen and oxygen atoms in total. The largest absolute Gasteiger partial charge is 1.00 e. The second-order valence-electron chi connectivity index (χ2n) is 6.26. The van der Waals surface area contributed by atoms with Gasteiger partial charge in [-0.05, 0) is 35.4 Å². The fourth-order valence-electron chi connectivity index (χ4n) is 2.61. The third-order valence-electron chi connectivity index (χ3n) is 4.27. The fourth-order valence-corrected chi connectivity index (χ4v) is 2.61. The van der Waals surface area contributed by atoms with Crippen molar-refractivity contribution in [2.45, 2.75) is 13.2 Å². The van der Waals surface area contributed by atoms with Crippen LogP contribution in [-0.2, 0) is 13.2 Å². The molecule has 0 aliphatic rings. The zero-order valence-corrected chi connectivity index (χ0v) is 19.5. The molecule has 0 fully saturated rings. The zero-order chi connectivity index (χ0) is 21.5. The molecule has 0 amide bonds. The van der Waals surface area contributed by atoms with E-state index in [2.05, 4.69) is 0 Å². The van der Waals surface area contributed by atoms with Crippen molar-refractivity contribution < 1.29 is 58.5 Å². The van der Waals surface area contributed by atoms with Gasteiger partial charge in [-0.1, -0.05) is 24.3 Å². The van der Waals surface area contributed by atoms with Crippen LogP contribution in [0.15, 0.2) is 65.6 Å². The molecule has 0 spiro atoms. The summed E-state index contributed by atoms with van der Waals surface area (Å²) in [6, 6.07) is 15.1. The molecule has 31 heavy (non-hydrogen) atoms. The van der Waals surface area contributed by atoms with Gasteiger partial charge in [0.15, 0.2) is 5.75 Å². The summed E-state index contributed by atoms with van der Waals surface area (Å²) in [4.78, 5) is 29.2.